The van der Waals surface area contributed by atoms with Crippen LogP contribution in [0, 0.1) is 0 Å². The Balaban J connectivity index is 3.03. The number of ketones is 1. The normalized spacial score (nSPS) is 12.6. The predicted molar refractivity (Wildman–Crippen MR) is 61.3 cm³/mol. The summed E-state index contributed by atoms with van der Waals surface area (Å²) in [7, 11) is 0. The van der Waals surface area contributed by atoms with Gasteiger partial charge in [-0.3, -0.25) is 4.79 Å². The van der Waals surface area contributed by atoms with E-state index in [1.54, 1.807) is 13.8 Å². The van der Waals surface area contributed by atoms with E-state index in [0.29, 0.717) is 0 Å². The van der Waals surface area contributed by atoms with E-state index in [-0.39, 0.29) is 18.4 Å². The third-order valence-corrected chi connectivity index (χ3v) is 3.07. The van der Waals surface area contributed by atoms with E-state index < -0.39 is 23.1 Å². The molecule has 2 nitrogen and oxygen atoms in total. The molecule has 1 aromatic rings. The van der Waals surface area contributed by atoms with Crippen molar-refractivity contribution in [2.24, 2.45) is 0 Å². The highest BCUT2D eigenvalue weighted by atomic mass is 19.4. The molecule has 100 valence electrons. The van der Waals surface area contributed by atoms with Crippen LogP contribution < -0.4 is 0 Å². The molecule has 1 aromatic carbocycles. The Morgan fingerprint density at radius 2 is 1.56 bits per heavy atom. The lowest BCUT2D eigenvalue weighted by Gasteiger charge is -2.23. The Bertz CT molecular complexity index is 417. The molecule has 0 radical (unpaired) electrons. The minimum Gasteiger partial charge on any atom is -0.382 e. The maximum Gasteiger partial charge on any atom is 0.416 e. The largest absolute Gasteiger partial charge is 0.416 e. The summed E-state index contributed by atoms with van der Waals surface area (Å²) in [5.74, 6) is -0.541. The molecule has 0 bridgehead atoms. The SMILES string of the molecule is CCC(O)(CC)C(=O)c1ccc(C(F)(F)F)cc1. The summed E-state index contributed by atoms with van der Waals surface area (Å²) in [6.07, 6.45) is -3.97. The van der Waals surface area contributed by atoms with Crippen LogP contribution in [0.2, 0.25) is 0 Å². The molecule has 1 N–H and O–H groups in total. The first kappa shape index (κ1) is 14.7. The van der Waals surface area contributed by atoms with Crippen LogP contribution in [0.5, 0.6) is 0 Å². The molecule has 0 heterocycles. The fraction of sp³-hybridized carbons (Fsp3) is 0.462. The molecule has 0 atom stereocenters. The minimum absolute atomic E-state index is 0.0919. The van der Waals surface area contributed by atoms with Crippen molar-refractivity contribution in [3.8, 4) is 0 Å². The molecule has 0 spiro atoms. The summed E-state index contributed by atoms with van der Waals surface area (Å²) < 4.78 is 37.1. The summed E-state index contributed by atoms with van der Waals surface area (Å²) in [4.78, 5) is 12.0. The van der Waals surface area contributed by atoms with Crippen LogP contribution >= 0.6 is 0 Å². The first-order valence-electron chi connectivity index (χ1n) is 5.69. The summed E-state index contributed by atoms with van der Waals surface area (Å²) in [5.41, 5.74) is -2.22. The van der Waals surface area contributed by atoms with Gasteiger partial charge in [-0.1, -0.05) is 26.0 Å². The van der Waals surface area contributed by atoms with Crippen LogP contribution in [-0.4, -0.2) is 16.5 Å². The van der Waals surface area contributed by atoms with Crippen molar-refractivity contribution in [3.05, 3.63) is 35.4 Å². The van der Waals surface area contributed by atoms with Crippen molar-refractivity contribution >= 4 is 5.78 Å². The highest BCUT2D eigenvalue weighted by Gasteiger charge is 2.34. The predicted octanol–water partition coefficient (Wildman–Crippen LogP) is 3.44. The molecule has 0 aliphatic carbocycles. The van der Waals surface area contributed by atoms with Gasteiger partial charge in [0.05, 0.1) is 5.56 Å². The second kappa shape index (κ2) is 5.10. The molecular formula is C13H15F3O2. The third kappa shape index (κ3) is 2.90. The van der Waals surface area contributed by atoms with Crippen molar-refractivity contribution in [1.82, 2.24) is 0 Å². The molecule has 0 aliphatic heterocycles. The number of rotatable bonds is 4. The Morgan fingerprint density at radius 1 is 1.11 bits per heavy atom. The summed E-state index contributed by atoms with van der Waals surface area (Å²) in [5, 5.41) is 10.0. The van der Waals surface area contributed by atoms with Crippen molar-refractivity contribution < 1.29 is 23.1 Å². The number of hydrogen-bond acceptors (Lipinski definition) is 2. The molecule has 1 rings (SSSR count). The van der Waals surface area contributed by atoms with E-state index in [1.807, 2.05) is 0 Å². The number of Topliss-reactive ketones (excluding diaryl/α,β-unsaturated/α-hetero) is 1. The zero-order valence-electron chi connectivity index (χ0n) is 10.2. The van der Waals surface area contributed by atoms with Crippen molar-refractivity contribution in [3.63, 3.8) is 0 Å². The van der Waals surface area contributed by atoms with E-state index in [0.717, 1.165) is 24.3 Å². The first-order chi connectivity index (χ1) is 8.24. The number of halogens is 3. The van der Waals surface area contributed by atoms with Crippen LogP contribution in [0.4, 0.5) is 13.2 Å². The lowest BCUT2D eigenvalue weighted by molar-refractivity contribution is -0.137. The summed E-state index contributed by atoms with van der Waals surface area (Å²) in [6, 6.07) is 3.89. The Hall–Kier alpha value is -1.36. The van der Waals surface area contributed by atoms with Gasteiger partial charge >= 0.3 is 6.18 Å². The van der Waals surface area contributed by atoms with Gasteiger partial charge in [-0.15, -0.1) is 0 Å². The average molecular weight is 260 g/mol. The fourth-order valence-corrected chi connectivity index (χ4v) is 1.65. The molecule has 0 aliphatic rings. The van der Waals surface area contributed by atoms with Gasteiger partial charge in [0.15, 0.2) is 5.78 Å². The van der Waals surface area contributed by atoms with E-state index in [2.05, 4.69) is 0 Å². The number of benzene rings is 1. The molecule has 0 unspecified atom stereocenters. The molecule has 0 saturated heterocycles. The lowest BCUT2D eigenvalue weighted by atomic mass is 9.88. The van der Waals surface area contributed by atoms with E-state index in [4.69, 9.17) is 0 Å². The van der Waals surface area contributed by atoms with E-state index >= 15 is 0 Å². The first-order valence-corrected chi connectivity index (χ1v) is 5.69. The Morgan fingerprint density at radius 3 is 1.89 bits per heavy atom. The zero-order chi connectivity index (χ0) is 14.0. The van der Waals surface area contributed by atoms with Gasteiger partial charge in [0.25, 0.3) is 0 Å². The van der Waals surface area contributed by atoms with Gasteiger partial charge in [0.1, 0.15) is 5.60 Å². The number of carbonyl (C=O) groups excluding carboxylic acids is 1. The fourth-order valence-electron chi connectivity index (χ4n) is 1.65. The van der Waals surface area contributed by atoms with Crippen LogP contribution in [-0.2, 0) is 6.18 Å². The van der Waals surface area contributed by atoms with Gasteiger partial charge in [-0.05, 0) is 25.0 Å². The van der Waals surface area contributed by atoms with Gasteiger partial charge < -0.3 is 5.11 Å². The van der Waals surface area contributed by atoms with Crippen LogP contribution in [0.15, 0.2) is 24.3 Å². The van der Waals surface area contributed by atoms with Crippen LogP contribution in [0.25, 0.3) is 0 Å². The Kier molecular flexibility index (Phi) is 4.16. The average Bonchev–Trinajstić information content (AvgIpc) is 2.36. The lowest BCUT2D eigenvalue weighted by Crippen LogP contribution is -2.37. The smallest absolute Gasteiger partial charge is 0.382 e. The van der Waals surface area contributed by atoms with Crippen LogP contribution in [0.3, 0.4) is 0 Å². The Labute approximate surface area is 103 Å². The van der Waals surface area contributed by atoms with Crippen LogP contribution in [0.1, 0.15) is 42.6 Å². The van der Waals surface area contributed by atoms with Crippen molar-refractivity contribution in [2.75, 3.05) is 0 Å². The minimum atomic E-state index is -4.42. The second-order valence-corrected chi connectivity index (χ2v) is 4.14. The zero-order valence-corrected chi connectivity index (χ0v) is 10.2. The molecule has 0 fully saturated rings. The number of alkyl halides is 3. The highest BCUT2D eigenvalue weighted by molar-refractivity contribution is 6.02. The van der Waals surface area contributed by atoms with Crippen molar-refractivity contribution in [1.29, 1.82) is 0 Å². The van der Waals surface area contributed by atoms with E-state index in [1.165, 1.54) is 0 Å². The highest BCUT2D eigenvalue weighted by Crippen LogP contribution is 2.30. The maximum absolute atomic E-state index is 12.4. The maximum atomic E-state index is 12.4. The van der Waals surface area contributed by atoms with Crippen molar-refractivity contribution in [2.45, 2.75) is 38.5 Å². The number of carbonyl (C=O) groups is 1. The monoisotopic (exact) mass is 260 g/mol. The quantitative estimate of drug-likeness (QED) is 0.842. The second-order valence-electron chi connectivity index (χ2n) is 4.14. The molecule has 18 heavy (non-hydrogen) atoms. The van der Waals surface area contributed by atoms with E-state index in [9.17, 15) is 23.1 Å². The standard InChI is InChI=1S/C13H15F3O2/c1-3-12(18,4-2)11(17)9-5-7-10(8-6-9)13(14,15)16/h5-8,18H,3-4H2,1-2H3. The number of hydrogen-bond donors (Lipinski definition) is 1. The number of aliphatic hydroxyl groups is 1. The molecule has 0 saturated carbocycles. The van der Waals surface area contributed by atoms with Gasteiger partial charge in [0, 0.05) is 5.56 Å². The topological polar surface area (TPSA) is 37.3 Å². The summed E-state index contributed by atoms with van der Waals surface area (Å²) in [6.45, 7) is 3.32. The third-order valence-electron chi connectivity index (χ3n) is 3.07. The molecule has 0 aromatic heterocycles. The summed E-state index contributed by atoms with van der Waals surface area (Å²) >= 11 is 0. The molecule has 0 amide bonds. The molecule has 5 heteroatoms. The van der Waals surface area contributed by atoms with Gasteiger partial charge in [-0.25, -0.2) is 0 Å². The molecular weight excluding hydrogens is 245 g/mol. The van der Waals surface area contributed by atoms with Gasteiger partial charge in [0.2, 0.25) is 0 Å². The van der Waals surface area contributed by atoms with Gasteiger partial charge in [-0.2, -0.15) is 13.2 Å².